The molecule has 7 nitrogen and oxygen atoms in total. The summed E-state index contributed by atoms with van der Waals surface area (Å²) in [5.74, 6) is 1.94. The smallest absolute Gasteiger partial charge is 0.216 e. The Morgan fingerprint density at radius 2 is 2.12 bits per heavy atom. The van der Waals surface area contributed by atoms with Gasteiger partial charge in [-0.25, -0.2) is 5.10 Å². The van der Waals surface area contributed by atoms with E-state index in [1.165, 1.54) is 4.68 Å². The van der Waals surface area contributed by atoms with E-state index in [4.69, 9.17) is 21.7 Å². The predicted molar refractivity (Wildman–Crippen MR) is 93.2 cm³/mol. The molecular weight excluding hydrogens is 326 g/mol. The summed E-state index contributed by atoms with van der Waals surface area (Å²) in [6.07, 6.45) is 5.05. The third-order valence-electron chi connectivity index (χ3n) is 3.32. The lowest BCUT2D eigenvalue weighted by atomic mass is 10.2. The van der Waals surface area contributed by atoms with Crippen LogP contribution in [-0.2, 0) is 0 Å². The molecule has 3 aromatic rings. The molecule has 0 aliphatic rings. The summed E-state index contributed by atoms with van der Waals surface area (Å²) in [4.78, 5) is 4.09. The third-order valence-corrected chi connectivity index (χ3v) is 3.59. The molecule has 122 valence electrons. The van der Waals surface area contributed by atoms with Crippen molar-refractivity contribution < 1.29 is 9.47 Å². The highest BCUT2D eigenvalue weighted by Crippen LogP contribution is 2.23. The summed E-state index contributed by atoms with van der Waals surface area (Å²) in [5, 5.41) is 11.4. The Kier molecular flexibility index (Phi) is 4.66. The quantitative estimate of drug-likeness (QED) is 0.570. The van der Waals surface area contributed by atoms with E-state index in [1.807, 2.05) is 24.3 Å². The Morgan fingerprint density at radius 1 is 1.25 bits per heavy atom. The average molecular weight is 341 g/mol. The van der Waals surface area contributed by atoms with Crippen molar-refractivity contribution in [2.75, 3.05) is 14.2 Å². The van der Waals surface area contributed by atoms with Gasteiger partial charge in [-0.15, -0.1) is 0 Å². The van der Waals surface area contributed by atoms with Gasteiger partial charge in [0.2, 0.25) is 4.77 Å². The lowest BCUT2D eigenvalue weighted by Crippen LogP contribution is -1.97. The molecule has 0 atom stereocenters. The van der Waals surface area contributed by atoms with Crippen LogP contribution in [-0.4, -0.2) is 40.3 Å². The van der Waals surface area contributed by atoms with Gasteiger partial charge in [0.1, 0.15) is 11.5 Å². The van der Waals surface area contributed by atoms with E-state index in [9.17, 15) is 0 Å². The molecule has 24 heavy (non-hydrogen) atoms. The van der Waals surface area contributed by atoms with Gasteiger partial charge in [0.25, 0.3) is 0 Å². The van der Waals surface area contributed by atoms with Gasteiger partial charge in [0, 0.05) is 29.6 Å². The first-order valence-corrected chi connectivity index (χ1v) is 7.48. The second-order valence-electron chi connectivity index (χ2n) is 4.76. The molecule has 1 aromatic carbocycles. The van der Waals surface area contributed by atoms with Crippen molar-refractivity contribution >= 4 is 18.4 Å². The zero-order valence-electron chi connectivity index (χ0n) is 13.1. The molecule has 8 heteroatoms. The highest BCUT2D eigenvalue weighted by atomic mass is 32.1. The summed E-state index contributed by atoms with van der Waals surface area (Å²) >= 11 is 5.25. The minimum Gasteiger partial charge on any atom is -0.497 e. The van der Waals surface area contributed by atoms with Crippen LogP contribution in [0.2, 0.25) is 0 Å². The summed E-state index contributed by atoms with van der Waals surface area (Å²) in [6.45, 7) is 0. The number of benzene rings is 1. The maximum Gasteiger partial charge on any atom is 0.216 e. The number of aromatic amines is 1. The van der Waals surface area contributed by atoms with Crippen molar-refractivity contribution in [1.82, 2.24) is 19.9 Å². The summed E-state index contributed by atoms with van der Waals surface area (Å²) < 4.78 is 12.5. The molecule has 3 rings (SSSR count). The lowest BCUT2D eigenvalue weighted by molar-refractivity contribution is 0.394. The van der Waals surface area contributed by atoms with Crippen molar-refractivity contribution in [3.63, 3.8) is 0 Å². The number of nitrogens with one attached hydrogen (secondary N) is 1. The van der Waals surface area contributed by atoms with Crippen molar-refractivity contribution in [3.05, 3.63) is 53.1 Å². The number of rotatable bonds is 5. The van der Waals surface area contributed by atoms with Gasteiger partial charge in [-0.05, 0) is 36.5 Å². The molecule has 1 N–H and O–H groups in total. The summed E-state index contributed by atoms with van der Waals surface area (Å²) in [7, 11) is 3.20. The van der Waals surface area contributed by atoms with Gasteiger partial charge in [0.05, 0.1) is 20.4 Å². The Labute approximate surface area is 143 Å². The van der Waals surface area contributed by atoms with Crippen LogP contribution in [0.4, 0.5) is 0 Å². The fourth-order valence-corrected chi connectivity index (χ4v) is 2.30. The van der Waals surface area contributed by atoms with Crippen molar-refractivity contribution in [1.29, 1.82) is 0 Å². The number of hydrogen-bond donors (Lipinski definition) is 1. The number of nitrogens with zero attached hydrogens (tertiary/aromatic N) is 4. The second-order valence-corrected chi connectivity index (χ2v) is 5.15. The Hall–Kier alpha value is -3.00. The SMILES string of the molecule is COc1ccc(/C=N/n2c(-c3cccnc3)n[nH]c2=S)c(OC)c1. The van der Waals surface area contributed by atoms with Crippen LogP contribution in [0.5, 0.6) is 11.5 Å². The van der Waals surface area contributed by atoms with Crippen LogP contribution in [0.1, 0.15) is 5.56 Å². The zero-order valence-corrected chi connectivity index (χ0v) is 13.9. The van der Waals surface area contributed by atoms with Gasteiger partial charge in [-0.3, -0.25) is 4.98 Å². The Balaban J connectivity index is 1.99. The monoisotopic (exact) mass is 341 g/mol. The standard InChI is InChI=1S/C16H15N5O2S/c1-22-13-6-5-11(14(8-13)23-2)10-18-21-15(19-20-16(21)24)12-4-3-7-17-9-12/h3-10H,1-2H3,(H,20,24)/b18-10+. The van der Waals surface area contributed by atoms with E-state index in [0.29, 0.717) is 22.1 Å². The predicted octanol–water partition coefficient (Wildman–Crippen LogP) is 2.90. The number of methoxy groups -OCH3 is 2. The molecule has 0 aliphatic carbocycles. The molecule has 0 fully saturated rings. The minimum atomic E-state index is 0.387. The molecule has 0 unspecified atom stereocenters. The van der Waals surface area contributed by atoms with E-state index < -0.39 is 0 Å². The average Bonchev–Trinajstić information content (AvgIpc) is 3.01. The van der Waals surface area contributed by atoms with E-state index in [2.05, 4.69) is 20.3 Å². The fraction of sp³-hybridized carbons (Fsp3) is 0.125. The molecule has 0 spiro atoms. The highest BCUT2D eigenvalue weighted by Gasteiger charge is 2.08. The van der Waals surface area contributed by atoms with Gasteiger partial charge in [0.15, 0.2) is 5.82 Å². The maximum absolute atomic E-state index is 5.36. The molecule has 0 saturated heterocycles. The van der Waals surface area contributed by atoms with Gasteiger partial charge < -0.3 is 9.47 Å². The molecular formula is C16H15N5O2S. The molecule has 0 bridgehead atoms. The number of ether oxygens (including phenoxy) is 2. The maximum atomic E-state index is 5.36. The van der Waals surface area contributed by atoms with Gasteiger partial charge in [-0.2, -0.15) is 14.9 Å². The van der Waals surface area contributed by atoms with Crippen LogP contribution >= 0.6 is 12.2 Å². The van der Waals surface area contributed by atoms with Crippen LogP contribution in [0.3, 0.4) is 0 Å². The van der Waals surface area contributed by atoms with E-state index in [-0.39, 0.29) is 0 Å². The van der Waals surface area contributed by atoms with Crippen LogP contribution in [0.25, 0.3) is 11.4 Å². The normalized spacial score (nSPS) is 10.9. The first kappa shape index (κ1) is 15.9. The van der Waals surface area contributed by atoms with Crippen molar-refractivity contribution in [2.45, 2.75) is 0 Å². The lowest BCUT2D eigenvalue weighted by Gasteiger charge is -2.07. The van der Waals surface area contributed by atoms with Crippen molar-refractivity contribution in [2.24, 2.45) is 5.10 Å². The van der Waals surface area contributed by atoms with E-state index in [0.717, 1.165) is 11.1 Å². The number of H-pyrrole nitrogens is 1. The topological polar surface area (TPSA) is 77.3 Å². The van der Waals surface area contributed by atoms with Crippen LogP contribution in [0.15, 0.2) is 47.8 Å². The third kappa shape index (κ3) is 3.18. The molecule has 0 radical (unpaired) electrons. The van der Waals surface area contributed by atoms with E-state index >= 15 is 0 Å². The summed E-state index contributed by atoms with van der Waals surface area (Å²) in [5.41, 5.74) is 1.60. The first-order valence-electron chi connectivity index (χ1n) is 7.07. The zero-order chi connectivity index (χ0) is 16.9. The molecule has 0 saturated carbocycles. The largest absolute Gasteiger partial charge is 0.497 e. The van der Waals surface area contributed by atoms with Crippen molar-refractivity contribution in [3.8, 4) is 22.9 Å². The fourth-order valence-electron chi connectivity index (χ4n) is 2.13. The summed E-state index contributed by atoms with van der Waals surface area (Å²) in [6, 6.07) is 9.19. The first-order chi connectivity index (χ1) is 11.7. The van der Waals surface area contributed by atoms with E-state index in [1.54, 1.807) is 38.9 Å². The molecule has 2 aromatic heterocycles. The molecule has 0 amide bonds. The Bertz CT molecular complexity index is 918. The highest BCUT2D eigenvalue weighted by molar-refractivity contribution is 7.71. The number of aromatic nitrogens is 4. The van der Waals surface area contributed by atoms with Gasteiger partial charge in [-0.1, -0.05) is 0 Å². The number of pyridine rings is 1. The van der Waals surface area contributed by atoms with Gasteiger partial charge >= 0.3 is 0 Å². The Morgan fingerprint density at radius 3 is 2.83 bits per heavy atom. The molecule has 2 heterocycles. The van der Waals surface area contributed by atoms with Crippen LogP contribution < -0.4 is 9.47 Å². The van der Waals surface area contributed by atoms with Crippen LogP contribution in [0, 0.1) is 4.77 Å². The minimum absolute atomic E-state index is 0.387. The second kappa shape index (κ2) is 7.05. The molecule has 0 aliphatic heterocycles. The number of hydrogen-bond acceptors (Lipinski definition) is 6.